The lowest BCUT2D eigenvalue weighted by Gasteiger charge is -2.68. The molecule has 2 bridgehead atoms. The van der Waals surface area contributed by atoms with Gasteiger partial charge in [0.15, 0.2) is 12.6 Å². The highest BCUT2D eigenvalue weighted by atomic mass is 16.8. The highest BCUT2D eigenvalue weighted by Crippen LogP contribution is 2.72. The van der Waals surface area contributed by atoms with Crippen molar-refractivity contribution in [2.45, 2.75) is 77.7 Å². The third-order valence-electron chi connectivity index (χ3n) is 9.65. The minimum atomic E-state index is -1.05. The third kappa shape index (κ3) is 2.98. The molecular weight excluding hydrogens is 440 g/mol. The Labute approximate surface area is 201 Å². The van der Waals surface area contributed by atoms with E-state index in [4.69, 9.17) is 28.4 Å². The molecule has 8 nitrogen and oxygen atoms in total. The molecule has 0 N–H and O–H groups in total. The average Bonchev–Trinajstić information content (AvgIpc) is 3.16. The van der Waals surface area contributed by atoms with E-state index in [-0.39, 0.29) is 29.7 Å². The molecule has 34 heavy (non-hydrogen) atoms. The van der Waals surface area contributed by atoms with Crippen molar-refractivity contribution in [1.29, 1.82) is 0 Å². The predicted octanol–water partition coefficient (Wildman–Crippen LogP) is 3.58. The summed E-state index contributed by atoms with van der Waals surface area (Å²) in [7, 11) is 3.04. The first-order valence-electron chi connectivity index (χ1n) is 12.8. The maximum Gasteiger partial charge on any atom is 0.333 e. The van der Waals surface area contributed by atoms with Crippen LogP contribution in [0.3, 0.4) is 0 Å². The van der Waals surface area contributed by atoms with E-state index in [9.17, 15) is 9.59 Å². The van der Waals surface area contributed by atoms with Crippen LogP contribution in [0.4, 0.5) is 0 Å². The van der Waals surface area contributed by atoms with Gasteiger partial charge >= 0.3 is 11.9 Å². The van der Waals surface area contributed by atoms with E-state index in [1.807, 2.05) is 13.8 Å². The first kappa shape index (κ1) is 24.2. The Morgan fingerprint density at radius 2 is 1.94 bits per heavy atom. The second-order valence-electron chi connectivity index (χ2n) is 10.6. The minimum Gasteiger partial charge on any atom is -0.468 e. The quantitative estimate of drug-likeness (QED) is 0.535. The van der Waals surface area contributed by atoms with Gasteiger partial charge in [0.25, 0.3) is 0 Å². The van der Waals surface area contributed by atoms with Crippen molar-refractivity contribution in [2.75, 3.05) is 27.4 Å². The molecule has 8 heteroatoms. The standard InChI is InChI=1S/C26H38O8/c1-6-31-23-24-11-8-12-25(21(28)29-4,22(30-5)33-23)19(24)10-9-16-15(3)17-13-20(27)34-26(17,32-7-2)14-18(16)24/h13,15-16,18-19,22-23H,6-12,14H2,1-5H3/t15-,16+,18+,19-,22?,23-,24?,25-,26-/m1/s1. The van der Waals surface area contributed by atoms with Crippen LogP contribution in [0.5, 0.6) is 0 Å². The fourth-order valence-corrected chi connectivity index (χ4v) is 8.68. The van der Waals surface area contributed by atoms with Crippen LogP contribution >= 0.6 is 0 Å². The van der Waals surface area contributed by atoms with Gasteiger partial charge in [0.1, 0.15) is 5.41 Å². The first-order valence-corrected chi connectivity index (χ1v) is 12.8. The van der Waals surface area contributed by atoms with Gasteiger partial charge in [-0.1, -0.05) is 13.3 Å². The molecule has 2 heterocycles. The van der Waals surface area contributed by atoms with Crippen LogP contribution in [0.2, 0.25) is 0 Å². The second kappa shape index (κ2) is 8.57. The Morgan fingerprint density at radius 3 is 2.62 bits per heavy atom. The van der Waals surface area contributed by atoms with Crippen LogP contribution in [0, 0.1) is 34.5 Å². The zero-order chi connectivity index (χ0) is 24.3. The summed E-state index contributed by atoms with van der Waals surface area (Å²) in [4.78, 5) is 25.9. The van der Waals surface area contributed by atoms with E-state index in [0.29, 0.717) is 32.0 Å². The fraction of sp³-hybridized carbons (Fsp3) is 0.846. The van der Waals surface area contributed by atoms with Crippen molar-refractivity contribution < 1.29 is 38.0 Å². The fourth-order valence-electron chi connectivity index (χ4n) is 8.68. The molecule has 0 aromatic rings. The predicted molar refractivity (Wildman–Crippen MR) is 120 cm³/mol. The number of fused-ring (bicyclic) bond motifs is 2. The van der Waals surface area contributed by atoms with Crippen molar-refractivity contribution in [3.05, 3.63) is 11.6 Å². The Bertz CT molecular complexity index is 871. The summed E-state index contributed by atoms with van der Waals surface area (Å²) in [6.45, 7) is 7.00. The van der Waals surface area contributed by atoms with Crippen molar-refractivity contribution in [1.82, 2.24) is 0 Å². The maximum atomic E-state index is 13.5. The summed E-state index contributed by atoms with van der Waals surface area (Å²) in [5.41, 5.74) is -0.366. The minimum absolute atomic E-state index is 0.0220. The van der Waals surface area contributed by atoms with Crippen LogP contribution in [0.15, 0.2) is 11.6 Å². The highest BCUT2D eigenvalue weighted by Gasteiger charge is 2.75. The van der Waals surface area contributed by atoms with Gasteiger partial charge in [-0.05, 0) is 63.2 Å². The van der Waals surface area contributed by atoms with Crippen LogP contribution in [0.25, 0.3) is 0 Å². The van der Waals surface area contributed by atoms with Gasteiger partial charge in [0.05, 0.1) is 7.11 Å². The third-order valence-corrected chi connectivity index (χ3v) is 9.65. The molecule has 3 saturated carbocycles. The summed E-state index contributed by atoms with van der Waals surface area (Å²) in [6.07, 6.45) is 5.12. The molecule has 0 radical (unpaired) electrons. The molecule has 3 aliphatic carbocycles. The second-order valence-corrected chi connectivity index (χ2v) is 10.6. The molecule has 0 aromatic carbocycles. The monoisotopic (exact) mass is 478 g/mol. The molecule has 0 aromatic heterocycles. The van der Waals surface area contributed by atoms with Gasteiger partial charge < -0.3 is 28.4 Å². The molecule has 0 amide bonds. The van der Waals surface area contributed by atoms with Crippen LogP contribution in [-0.4, -0.2) is 57.7 Å². The molecule has 0 spiro atoms. The summed E-state index contributed by atoms with van der Waals surface area (Å²) in [5, 5.41) is 0. The molecule has 1 saturated heterocycles. The first-order chi connectivity index (χ1) is 16.3. The number of methoxy groups -OCH3 is 2. The van der Waals surface area contributed by atoms with Crippen LogP contribution in [-0.2, 0) is 38.0 Å². The Kier molecular flexibility index (Phi) is 6.11. The zero-order valence-corrected chi connectivity index (χ0v) is 21.0. The Hall–Kier alpha value is -1.48. The van der Waals surface area contributed by atoms with E-state index < -0.39 is 29.2 Å². The molecule has 5 aliphatic rings. The number of carbonyl (C=O) groups excluding carboxylic acids is 2. The topological polar surface area (TPSA) is 89.5 Å². The van der Waals surface area contributed by atoms with Gasteiger partial charge in [-0.25, -0.2) is 4.79 Å². The van der Waals surface area contributed by atoms with Crippen molar-refractivity contribution in [2.24, 2.45) is 34.5 Å². The molecule has 9 atom stereocenters. The number of carbonyl (C=O) groups is 2. The van der Waals surface area contributed by atoms with Gasteiger partial charge in [-0.15, -0.1) is 0 Å². The Balaban J connectivity index is 1.66. The van der Waals surface area contributed by atoms with E-state index in [2.05, 4.69) is 6.92 Å². The Morgan fingerprint density at radius 1 is 1.15 bits per heavy atom. The van der Waals surface area contributed by atoms with E-state index in [0.717, 1.165) is 31.3 Å². The average molecular weight is 479 g/mol. The van der Waals surface area contributed by atoms with Gasteiger partial charge in [-0.2, -0.15) is 0 Å². The van der Waals surface area contributed by atoms with Crippen molar-refractivity contribution >= 4 is 11.9 Å². The summed E-state index contributed by atoms with van der Waals surface area (Å²) in [5.74, 6) is -1.16. The number of rotatable bonds is 6. The zero-order valence-electron chi connectivity index (χ0n) is 21.0. The summed E-state index contributed by atoms with van der Waals surface area (Å²) in [6, 6.07) is 0. The number of hydrogen-bond donors (Lipinski definition) is 0. The SMILES string of the molecule is CCO[C@@H]1OC(OC)[C@]2(C(=O)OC)CCCC13[C@H]2CC[C@H]1[C@@H](C)C2=CC(=O)O[C@]2(OCC)C[C@@H]13. The van der Waals surface area contributed by atoms with Gasteiger partial charge in [0.2, 0.25) is 5.79 Å². The van der Waals surface area contributed by atoms with Crippen molar-refractivity contribution in [3.63, 3.8) is 0 Å². The van der Waals surface area contributed by atoms with Crippen LogP contribution in [0.1, 0.15) is 59.3 Å². The molecule has 5 rings (SSSR count). The number of ether oxygens (including phenoxy) is 6. The highest BCUT2D eigenvalue weighted by molar-refractivity contribution is 5.86. The van der Waals surface area contributed by atoms with E-state index in [1.165, 1.54) is 7.11 Å². The molecule has 2 aliphatic heterocycles. The normalized spacial score (nSPS) is 47.1. The smallest absolute Gasteiger partial charge is 0.333 e. The van der Waals surface area contributed by atoms with Gasteiger partial charge in [-0.3, -0.25) is 4.79 Å². The lowest BCUT2D eigenvalue weighted by Crippen LogP contribution is -2.72. The molecule has 4 fully saturated rings. The largest absolute Gasteiger partial charge is 0.468 e. The van der Waals surface area contributed by atoms with Crippen molar-refractivity contribution in [3.8, 4) is 0 Å². The lowest BCUT2D eigenvalue weighted by molar-refractivity contribution is -0.401. The summed E-state index contributed by atoms with van der Waals surface area (Å²) >= 11 is 0. The van der Waals surface area contributed by atoms with Crippen LogP contribution < -0.4 is 0 Å². The van der Waals surface area contributed by atoms with Gasteiger partial charge in [0, 0.05) is 43.8 Å². The lowest BCUT2D eigenvalue weighted by atomic mass is 9.40. The molecule has 190 valence electrons. The van der Waals surface area contributed by atoms with E-state index in [1.54, 1.807) is 13.2 Å². The summed E-state index contributed by atoms with van der Waals surface area (Å²) < 4.78 is 36.2. The molecular formula is C26H38O8. The molecule has 2 unspecified atom stereocenters. The maximum absolute atomic E-state index is 13.5. The number of hydrogen-bond acceptors (Lipinski definition) is 8. The van der Waals surface area contributed by atoms with E-state index >= 15 is 0 Å². The number of esters is 2.